The van der Waals surface area contributed by atoms with E-state index in [4.69, 9.17) is 24.4 Å². The van der Waals surface area contributed by atoms with E-state index in [0.717, 1.165) is 16.9 Å². The van der Waals surface area contributed by atoms with Crippen LogP contribution in [-0.2, 0) is 0 Å². The smallest absolute Gasteiger partial charge is 0.344 e. The van der Waals surface area contributed by atoms with E-state index < -0.39 is 11.5 Å². The minimum atomic E-state index is -0.736. The molecule has 0 bridgehead atoms. The fourth-order valence-corrected chi connectivity index (χ4v) is 4.23. The van der Waals surface area contributed by atoms with E-state index in [1.165, 1.54) is 0 Å². The number of fused-ring (bicyclic) bond motifs is 3. The van der Waals surface area contributed by atoms with Gasteiger partial charge in [0.2, 0.25) is 5.88 Å². The van der Waals surface area contributed by atoms with E-state index in [1.807, 2.05) is 48.5 Å². The lowest BCUT2D eigenvalue weighted by Gasteiger charge is -2.26. The highest BCUT2D eigenvalue weighted by Gasteiger charge is 2.35. The van der Waals surface area contributed by atoms with Crippen molar-refractivity contribution < 1.29 is 18.6 Å². The molecule has 1 aliphatic heterocycles. The molecule has 0 aliphatic carbocycles. The van der Waals surface area contributed by atoms with Crippen molar-refractivity contribution in [2.24, 2.45) is 5.73 Å². The molecule has 1 aromatic heterocycles. The fraction of sp³-hybridized carbons (Fsp3) is 0.111. The molecule has 1 atom stereocenters. The van der Waals surface area contributed by atoms with Crippen LogP contribution in [0.4, 0.5) is 0 Å². The van der Waals surface area contributed by atoms with Crippen molar-refractivity contribution in [3.8, 4) is 34.4 Å². The van der Waals surface area contributed by atoms with Crippen LogP contribution in [0, 0.1) is 11.3 Å². The van der Waals surface area contributed by atoms with Gasteiger partial charge in [0, 0.05) is 0 Å². The molecule has 7 heteroatoms. The number of nitrogens with zero attached hydrogens (tertiary/aromatic N) is 1. The molecule has 0 radical (unpaired) electrons. The average Bonchev–Trinajstić information content (AvgIpc) is 2.88. The van der Waals surface area contributed by atoms with Gasteiger partial charge >= 0.3 is 5.63 Å². The van der Waals surface area contributed by atoms with E-state index in [0.29, 0.717) is 22.3 Å². The predicted molar refractivity (Wildman–Crippen MR) is 127 cm³/mol. The zero-order valence-electron chi connectivity index (χ0n) is 18.5. The van der Waals surface area contributed by atoms with Crippen molar-refractivity contribution in [3.63, 3.8) is 0 Å². The van der Waals surface area contributed by atoms with Gasteiger partial charge in [0.25, 0.3) is 0 Å². The molecular formula is C27H20N2O5. The summed E-state index contributed by atoms with van der Waals surface area (Å²) < 4.78 is 22.0. The second-order valence-corrected chi connectivity index (χ2v) is 7.77. The first-order valence-corrected chi connectivity index (χ1v) is 10.5. The first kappa shape index (κ1) is 21.2. The summed E-state index contributed by atoms with van der Waals surface area (Å²) in [6.07, 6.45) is 0. The Hall–Kier alpha value is -4.70. The summed E-state index contributed by atoms with van der Waals surface area (Å²) in [4.78, 5) is 13.1. The third kappa shape index (κ3) is 3.42. The van der Waals surface area contributed by atoms with Crippen molar-refractivity contribution in [3.05, 3.63) is 99.7 Å². The van der Waals surface area contributed by atoms with Crippen LogP contribution in [0.15, 0.2) is 87.4 Å². The monoisotopic (exact) mass is 452 g/mol. The SMILES string of the molecule is COc1cccc(-c2ccc(C3C(C#N)=C(N)Oc4c3c(=O)oc3ccc(OC)cc43)cc2)c1. The molecule has 1 aliphatic rings. The van der Waals surface area contributed by atoms with Gasteiger partial charge in [-0.05, 0) is 47.0 Å². The molecule has 34 heavy (non-hydrogen) atoms. The van der Waals surface area contributed by atoms with Crippen LogP contribution in [0.1, 0.15) is 17.0 Å². The Balaban J connectivity index is 1.68. The Morgan fingerprint density at radius 3 is 2.38 bits per heavy atom. The van der Waals surface area contributed by atoms with E-state index in [2.05, 4.69) is 6.07 Å². The number of hydrogen-bond donors (Lipinski definition) is 1. The molecule has 0 spiro atoms. The Kier molecular flexibility index (Phi) is 5.19. The topological polar surface area (TPSA) is 108 Å². The van der Waals surface area contributed by atoms with Gasteiger partial charge in [0.05, 0.1) is 31.1 Å². The second kappa shape index (κ2) is 8.34. The number of benzene rings is 3. The summed E-state index contributed by atoms with van der Waals surface area (Å²) in [7, 11) is 3.16. The molecule has 3 aromatic carbocycles. The van der Waals surface area contributed by atoms with Crippen LogP contribution in [-0.4, -0.2) is 14.2 Å². The van der Waals surface area contributed by atoms with Gasteiger partial charge in [0.1, 0.15) is 28.7 Å². The van der Waals surface area contributed by atoms with Crippen molar-refractivity contribution in [1.82, 2.24) is 0 Å². The van der Waals surface area contributed by atoms with Gasteiger partial charge < -0.3 is 24.4 Å². The number of ether oxygens (including phenoxy) is 3. The number of nitrogens with two attached hydrogens (primary N) is 1. The maximum absolute atomic E-state index is 13.1. The standard InChI is InChI=1S/C27H20N2O5/c1-31-18-5-3-4-17(12-18)15-6-8-16(9-7-15)23-21(14-28)26(29)34-25-20-13-19(32-2)10-11-22(20)33-27(30)24(23)25/h3-13,23H,29H2,1-2H3. The van der Waals surface area contributed by atoms with Gasteiger partial charge in [-0.1, -0.05) is 36.4 Å². The number of nitriles is 1. The maximum Gasteiger partial charge on any atom is 0.344 e. The highest BCUT2D eigenvalue weighted by molar-refractivity contribution is 5.87. The van der Waals surface area contributed by atoms with Crippen molar-refractivity contribution in [2.75, 3.05) is 14.2 Å². The van der Waals surface area contributed by atoms with Crippen LogP contribution in [0.5, 0.6) is 17.2 Å². The van der Waals surface area contributed by atoms with Crippen LogP contribution in [0.3, 0.4) is 0 Å². The number of hydrogen-bond acceptors (Lipinski definition) is 7. The summed E-state index contributed by atoms with van der Waals surface area (Å²) in [5.74, 6) is 0.803. The summed E-state index contributed by atoms with van der Waals surface area (Å²) in [6, 6.07) is 22.4. The molecule has 4 aromatic rings. The normalized spacial score (nSPS) is 14.8. The third-order valence-electron chi connectivity index (χ3n) is 5.92. The minimum Gasteiger partial charge on any atom is -0.497 e. The summed E-state index contributed by atoms with van der Waals surface area (Å²) in [6.45, 7) is 0. The minimum absolute atomic E-state index is 0.0495. The number of allylic oxidation sites excluding steroid dienone is 1. The van der Waals surface area contributed by atoms with Gasteiger partial charge in [-0.2, -0.15) is 5.26 Å². The number of methoxy groups -OCH3 is 2. The van der Waals surface area contributed by atoms with E-state index in [9.17, 15) is 10.1 Å². The van der Waals surface area contributed by atoms with Crippen molar-refractivity contribution in [2.45, 2.75) is 5.92 Å². The second-order valence-electron chi connectivity index (χ2n) is 7.77. The largest absolute Gasteiger partial charge is 0.497 e. The van der Waals surface area contributed by atoms with E-state index in [1.54, 1.807) is 32.4 Å². The molecule has 7 nitrogen and oxygen atoms in total. The van der Waals surface area contributed by atoms with Gasteiger partial charge in [-0.25, -0.2) is 4.79 Å². The Morgan fingerprint density at radius 2 is 1.68 bits per heavy atom. The summed E-state index contributed by atoms with van der Waals surface area (Å²) >= 11 is 0. The molecular weight excluding hydrogens is 432 g/mol. The van der Waals surface area contributed by atoms with Crippen molar-refractivity contribution >= 4 is 11.0 Å². The molecule has 2 heterocycles. The molecule has 5 rings (SSSR count). The van der Waals surface area contributed by atoms with E-state index in [-0.39, 0.29) is 22.8 Å². The van der Waals surface area contributed by atoms with Crippen molar-refractivity contribution in [1.29, 1.82) is 5.26 Å². The number of rotatable bonds is 4. The highest BCUT2D eigenvalue weighted by Crippen LogP contribution is 2.44. The Labute approximate surface area is 195 Å². The lowest BCUT2D eigenvalue weighted by Crippen LogP contribution is -2.26. The average molecular weight is 452 g/mol. The maximum atomic E-state index is 13.1. The first-order valence-electron chi connectivity index (χ1n) is 10.5. The van der Waals surface area contributed by atoms with Crippen LogP contribution < -0.4 is 25.6 Å². The molecule has 2 N–H and O–H groups in total. The summed E-state index contributed by atoms with van der Waals surface area (Å²) in [5, 5.41) is 10.4. The van der Waals surface area contributed by atoms with Crippen LogP contribution in [0.25, 0.3) is 22.1 Å². The zero-order valence-corrected chi connectivity index (χ0v) is 18.5. The Bertz CT molecular complexity index is 1540. The Morgan fingerprint density at radius 1 is 0.941 bits per heavy atom. The van der Waals surface area contributed by atoms with E-state index >= 15 is 0 Å². The van der Waals surface area contributed by atoms with Gasteiger partial charge in [0.15, 0.2) is 5.75 Å². The zero-order chi connectivity index (χ0) is 23.8. The predicted octanol–water partition coefficient (Wildman–Crippen LogP) is 4.70. The highest BCUT2D eigenvalue weighted by atomic mass is 16.5. The molecule has 1 unspecified atom stereocenters. The van der Waals surface area contributed by atoms with Gasteiger partial charge in [-0.3, -0.25) is 0 Å². The molecule has 168 valence electrons. The lowest BCUT2D eigenvalue weighted by atomic mass is 9.83. The molecule has 0 fully saturated rings. The fourth-order valence-electron chi connectivity index (χ4n) is 4.23. The van der Waals surface area contributed by atoms with Crippen LogP contribution >= 0.6 is 0 Å². The first-order chi connectivity index (χ1) is 16.5. The molecule has 0 saturated heterocycles. The quantitative estimate of drug-likeness (QED) is 0.447. The lowest BCUT2D eigenvalue weighted by molar-refractivity contribution is 0.386. The molecule has 0 saturated carbocycles. The third-order valence-corrected chi connectivity index (χ3v) is 5.92. The van der Waals surface area contributed by atoms with Crippen LogP contribution in [0.2, 0.25) is 0 Å². The van der Waals surface area contributed by atoms with Gasteiger partial charge in [-0.15, -0.1) is 0 Å². The summed E-state index contributed by atoms with van der Waals surface area (Å²) in [5.41, 5.74) is 8.93. The molecule has 0 amide bonds.